The van der Waals surface area contributed by atoms with E-state index in [-0.39, 0.29) is 0 Å². The Morgan fingerprint density at radius 3 is 3.12 bits per heavy atom. The molecule has 1 saturated carbocycles. The van der Waals surface area contributed by atoms with Crippen molar-refractivity contribution in [3.05, 3.63) is 29.7 Å². The molecule has 84 valence electrons. The van der Waals surface area contributed by atoms with Crippen LogP contribution in [0.25, 0.3) is 5.65 Å². The van der Waals surface area contributed by atoms with Crippen LogP contribution in [0.2, 0.25) is 0 Å². The number of aromatic nitrogens is 3. The van der Waals surface area contributed by atoms with Gasteiger partial charge in [-0.25, -0.2) is 0 Å². The highest BCUT2D eigenvalue weighted by molar-refractivity contribution is 5.40. The molecule has 0 amide bonds. The van der Waals surface area contributed by atoms with E-state index in [1.165, 1.54) is 18.4 Å². The highest BCUT2D eigenvalue weighted by Gasteiger charge is 2.20. The van der Waals surface area contributed by atoms with Gasteiger partial charge in [-0.3, -0.25) is 4.40 Å². The van der Waals surface area contributed by atoms with E-state index in [1.807, 2.05) is 10.6 Å². The molecular formula is C12H16N4. The van der Waals surface area contributed by atoms with E-state index in [0.29, 0.717) is 0 Å². The highest BCUT2D eigenvalue weighted by Crippen LogP contribution is 2.27. The average Bonchev–Trinajstić information content (AvgIpc) is 3.00. The maximum absolute atomic E-state index is 4.20. The van der Waals surface area contributed by atoms with Crippen molar-refractivity contribution in [3.8, 4) is 0 Å². The quantitative estimate of drug-likeness (QED) is 0.843. The van der Waals surface area contributed by atoms with Crippen molar-refractivity contribution in [3.63, 3.8) is 0 Å². The number of fused-ring (bicyclic) bond motifs is 1. The van der Waals surface area contributed by atoms with Crippen LogP contribution in [0.4, 0.5) is 0 Å². The third-order valence-corrected chi connectivity index (χ3v) is 3.05. The van der Waals surface area contributed by atoms with E-state index >= 15 is 0 Å². The zero-order valence-corrected chi connectivity index (χ0v) is 9.48. The second kappa shape index (κ2) is 3.87. The second-order valence-electron chi connectivity index (χ2n) is 4.62. The summed E-state index contributed by atoms with van der Waals surface area (Å²) in [5, 5.41) is 11.8. The summed E-state index contributed by atoms with van der Waals surface area (Å²) in [5.41, 5.74) is 2.15. The molecule has 0 radical (unpaired) electrons. The van der Waals surface area contributed by atoms with Crippen molar-refractivity contribution in [2.75, 3.05) is 6.54 Å². The van der Waals surface area contributed by atoms with Gasteiger partial charge in [-0.05, 0) is 49.9 Å². The number of aryl methyl sites for hydroxylation is 1. The Bertz CT molecular complexity index is 499. The van der Waals surface area contributed by atoms with Gasteiger partial charge in [0.25, 0.3) is 0 Å². The van der Waals surface area contributed by atoms with Crippen LogP contribution in [-0.4, -0.2) is 21.1 Å². The van der Waals surface area contributed by atoms with Crippen LogP contribution in [0, 0.1) is 12.8 Å². The molecule has 0 unspecified atom stereocenters. The fourth-order valence-electron chi connectivity index (χ4n) is 1.87. The molecule has 2 heterocycles. The van der Waals surface area contributed by atoms with E-state index < -0.39 is 0 Å². The van der Waals surface area contributed by atoms with Gasteiger partial charge in [0.2, 0.25) is 0 Å². The van der Waals surface area contributed by atoms with Crippen molar-refractivity contribution in [2.45, 2.75) is 26.3 Å². The lowest BCUT2D eigenvalue weighted by atomic mass is 10.3. The summed E-state index contributed by atoms with van der Waals surface area (Å²) in [5.74, 6) is 1.90. The Morgan fingerprint density at radius 2 is 2.31 bits per heavy atom. The summed E-state index contributed by atoms with van der Waals surface area (Å²) >= 11 is 0. The summed E-state index contributed by atoms with van der Waals surface area (Å²) in [6, 6.07) is 4.14. The monoisotopic (exact) mass is 216 g/mol. The van der Waals surface area contributed by atoms with E-state index in [4.69, 9.17) is 0 Å². The summed E-state index contributed by atoms with van der Waals surface area (Å²) in [7, 11) is 0. The molecule has 0 atom stereocenters. The third-order valence-electron chi connectivity index (χ3n) is 3.05. The topological polar surface area (TPSA) is 42.2 Å². The smallest absolute Gasteiger partial charge is 0.161 e. The number of hydrogen-bond donors (Lipinski definition) is 1. The highest BCUT2D eigenvalue weighted by atomic mass is 15.3. The lowest BCUT2D eigenvalue weighted by molar-refractivity contribution is 0.615. The molecule has 0 spiro atoms. The molecule has 2 aromatic rings. The second-order valence-corrected chi connectivity index (χ2v) is 4.62. The number of hydrogen-bond acceptors (Lipinski definition) is 3. The first-order valence-electron chi connectivity index (χ1n) is 5.84. The fourth-order valence-corrected chi connectivity index (χ4v) is 1.87. The Morgan fingerprint density at radius 1 is 1.44 bits per heavy atom. The standard InChI is InChI=1S/C12H16N4/c1-9-4-5-16-11(6-9)14-15-12(16)8-13-7-10-2-3-10/h4-6,10,13H,2-3,7-8H2,1H3. The SMILES string of the molecule is Cc1ccn2c(CNCC3CC3)nnc2c1. The molecule has 0 aromatic carbocycles. The van der Waals surface area contributed by atoms with Crippen molar-refractivity contribution >= 4 is 5.65 Å². The summed E-state index contributed by atoms with van der Waals surface area (Å²) in [6.45, 7) is 3.99. The Kier molecular flexibility index (Phi) is 2.36. The van der Waals surface area contributed by atoms with E-state index in [2.05, 4.69) is 34.6 Å². The van der Waals surface area contributed by atoms with Crippen LogP contribution >= 0.6 is 0 Å². The molecule has 0 saturated heterocycles. The van der Waals surface area contributed by atoms with Gasteiger partial charge in [0.05, 0.1) is 6.54 Å². The zero-order chi connectivity index (χ0) is 11.0. The number of rotatable bonds is 4. The predicted molar refractivity (Wildman–Crippen MR) is 62.2 cm³/mol. The maximum atomic E-state index is 4.20. The summed E-state index contributed by atoms with van der Waals surface area (Å²) in [4.78, 5) is 0. The molecule has 1 aliphatic rings. The van der Waals surface area contributed by atoms with Crippen molar-refractivity contribution < 1.29 is 0 Å². The van der Waals surface area contributed by atoms with Gasteiger partial charge < -0.3 is 5.32 Å². The number of nitrogens with one attached hydrogen (secondary N) is 1. The summed E-state index contributed by atoms with van der Waals surface area (Å²) in [6.07, 6.45) is 4.80. The molecular weight excluding hydrogens is 200 g/mol. The predicted octanol–water partition coefficient (Wildman–Crippen LogP) is 1.54. The molecule has 16 heavy (non-hydrogen) atoms. The molecule has 2 aromatic heterocycles. The maximum Gasteiger partial charge on any atom is 0.161 e. The molecule has 1 N–H and O–H groups in total. The molecule has 0 bridgehead atoms. The van der Waals surface area contributed by atoms with Gasteiger partial charge in [-0.1, -0.05) is 0 Å². The van der Waals surface area contributed by atoms with Crippen LogP contribution in [0.15, 0.2) is 18.3 Å². The fraction of sp³-hybridized carbons (Fsp3) is 0.500. The van der Waals surface area contributed by atoms with Crippen LogP contribution in [0.3, 0.4) is 0 Å². The Balaban J connectivity index is 1.75. The van der Waals surface area contributed by atoms with Crippen LogP contribution in [-0.2, 0) is 6.54 Å². The van der Waals surface area contributed by atoms with Gasteiger partial charge in [0, 0.05) is 6.20 Å². The molecule has 1 aliphatic carbocycles. The Hall–Kier alpha value is -1.42. The van der Waals surface area contributed by atoms with E-state index in [9.17, 15) is 0 Å². The molecule has 4 nitrogen and oxygen atoms in total. The number of nitrogens with zero attached hydrogens (tertiary/aromatic N) is 3. The molecule has 1 fully saturated rings. The molecule has 3 rings (SSSR count). The van der Waals surface area contributed by atoms with Gasteiger partial charge in [0.1, 0.15) is 0 Å². The van der Waals surface area contributed by atoms with Gasteiger partial charge in [0.15, 0.2) is 11.5 Å². The zero-order valence-electron chi connectivity index (χ0n) is 9.48. The van der Waals surface area contributed by atoms with E-state index in [1.54, 1.807) is 0 Å². The minimum atomic E-state index is 0.806. The lowest BCUT2D eigenvalue weighted by Gasteiger charge is -2.02. The van der Waals surface area contributed by atoms with Crippen LogP contribution in [0.5, 0.6) is 0 Å². The Labute approximate surface area is 94.7 Å². The minimum absolute atomic E-state index is 0.806. The first-order chi connectivity index (χ1) is 7.83. The van der Waals surface area contributed by atoms with Crippen molar-refractivity contribution in [1.29, 1.82) is 0 Å². The van der Waals surface area contributed by atoms with Crippen LogP contribution < -0.4 is 5.32 Å². The summed E-state index contributed by atoms with van der Waals surface area (Å²) < 4.78 is 2.05. The van der Waals surface area contributed by atoms with Crippen molar-refractivity contribution in [1.82, 2.24) is 19.9 Å². The first kappa shape index (κ1) is 9.78. The van der Waals surface area contributed by atoms with Gasteiger partial charge in [-0.15, -0.1) is 10.2 Å². The largest absolute Gasteiger partial charge is 0.310 e. The third kappa shape index (κ3) is 1.93. The van der Waals surface area contributed by atoms with Crippen molar-refractivity contribution in [2.24, 2.45) is 5.92 Å². The van der Waals surface area contributed by atoms with Gasteiger partial charge in [-0.2, -0.15) is 0 Å². The normalized spacial score (nSPS) is 15.8. The average molecular weight is 216 g/mol. The minimum Gasteiger partial charge on any atom is -0.310 e. The lowest BCUT2D eigenvalue weighted by Crippen LogP contribution is -2.17. The molecule has 4 heteroatoms. The molecule has 0 aliphatic heterocycles. The van der Waals surface area contributed by atoms with Crippen LogP contribution in [0.1, 0.15) is 24.2 Å². The number of pyridine rings is 1. The van der Waals surface area contributed by atoms with E-state index in [0.717, 1.165) is 30.5 Å². The van der Waals surface area contributed by atoms with Gasteiger partial charge >= 0.3 is 0 Å². The first-order valence-corrected chi connectivity index (χ1v) is 5.84.